The lowest BCUT2D eigenvalue weighted by atomic mass is 10.1. The zero-order valence-corrected chi connectivity index (χ0v) is 18.1. The Bertz CT molecular complexity index is 730. The van der Waals surface area contributed by atoms with Crippen LogP contribution in [0.5, 0.6) is 11.5 Å². The van der Waals surface area contributed by atoms with Gasteiger partial charge in [0.1, 0.15) is 0 Å². The molecular formula is C23H34N2O4. The van der Waals surface area contributed by atoms with E-state index < -0.39 is 0 Å². The third-order valence-corrected chi connectivity index (χ3v) is 5.90. The fourth-order valence-electron chi connectivity index (χ4n) is 3.94. The van der Waals surface area contributed by atoms with E-state index in [2.05, 4.69) is 18.7 Å². The van der Waals surface area contributed by atoms with E-state index in [1.807, 2.05) is 23.1 Å². The largest absolute Gasteiger partial charge is 0.493 e. The summed E-state index contributed by atoms with van der Waals surface area (Å²) in [6, 6.07) is 6.22. The van der Waals surface area contributed by atoms with Crippen LogP contribution in [-0.4, -0.2) is 61.5 Å². The molecule has 1 aliphatic heterocycles. The van der Waals surface area contributed by atoms with Crippen molar-refractivity contribution in [1.82, 2.24) is 9.80 Å². The van der Waals surface area contributed by atoms with E-state index in [0.29, 0.717) is 43.0 Å². The van der Waals surface area contributed by atoms with Gasteiger partial charge in [-0.2, -0.15) is 0 Å². The molecule has 0 N–H and O–H groups in total. The molecule has 0 bridgehead atoms. The van der Waals surface area contributed by atoms with Crippen LogP contribution in [0.2, 0.25) is 0 Å². The van der Waals surface area contributed by atoms with Crippen LogP contribution in [0.25, 0.3) is 0 Å². The quantitative estimate of drug-likeness (QED) is 0.603. The first-order chi connectivity index (χ1) is 13.9. The summed E-state index contributed by atoms with van der Waals surface area (Å²) < 4.78 is 10.6. The summed E-state index contributed by atoms with van der Waals surface area (Å²) in [7, 11) is 3.23. The molecule has 0 unspecified atom stereocenters. The summed E-state index contributed by atoms with van der Waals surface area (Å²) in [5, 5.41) is 0. The van der Waals surface area contributed by atoms with Crippen LogP contribution >= 0.6 is 0 Å². The number of methoxy groups -OCH3 is 2. The maximum Gasteiger partial charge on any atom is 0.228 e. The molecule has 0 radical (unpaired) electrons. The van der Waals surface area contributed by atoms with Crippen LogP contribution in [0.15, 0.2) is 18.2 Å². The van der Waals surface area contributed by atoms with E-state index in [4.69, 9.17) is 9.47 Å². The van der Waals surface area contributed by atoms with Crippen molar-refractivity contribution in [3.63, 3.8) is 0 Å². The topological polar surface area (TPSA) is 59.1 Å². The van der Waals surface area contributed by atoms with Gasteiger partial charge in [-0.3, -0.25) is 9.59 Å². The number of amides is 2. The third-order valence-electron chi connectivity index (χ3n) is 5.90. The number of hydrogen-bond donors (Lipinski definition) is 0. The van der Waals surface area contributed by atoms with E-state index >= 15 is 0 Å². The molecule has 1 aromatic carbocycles. The maximum absolute atomic E-state index is 13.1. The minimum Gasteiger partial charge on any atom is -0.493 e. The standard InChI is InChI=1S/C23H34N2O4/c1-16(2)9-12-25(19-6-7-19)23(27)18-14-22(26)24(15-18)11-10-17-5-8-20(28-3)21(13-17)29-4/h5,8,13,16,18-19H,6-7,9-12,14-15H2,1-4H3/t18-/m0/s1. The van der Waals surface area contributed by atoms with Crippen LogP contribution in [0.1, 0.15) is 45.1 Å². The molecule has 1 saturated heterocycles. The van der Waals surface area contributed by atoms with E-state index in [1.165, 1.54) is 0 Å². The van der Waals surface area contributed by atoms with Gasteiger partial charge >= 0.3 is 0 Å². The van der Waals surface area contributed by atoms with Crippen molar-refractivity contribution in [3.8, 4) is 11.5 Å². The van der Waals surface area contributed by atoms with Gasteiger partial charge in [0.05, 0.1) is 20.1 Å². The molecule has 160 valence electrons. The average molecular weight is 403 g/mol. The normalized spacial score (nSPS) is 19.0. The molecule has 0 aromatic heterocycles. The van der Waals surface area contributed by atoms with Gasteiger partial charge in [-0.15, -0.1) is 0 Å². The molecule has 29 heavy (non-hydrogen) atoms. The first-order valence-corrected chi connectivity index (χ1v) is 10.7. The lowest BCUT2D eigenvalue weighted by Crippen LogP contribution is -2.40. The van der Waals surface area contributed by atoms with Crippen molar-refractivity contribution in [3.05, 3.63) is 23.8 Å². The van der Waals surface area contributed by atoms with Crippen molar-refractivity contribution in [2.24, 2.45) is 11.8 Å². The zero-order chi connectivity index (χ0) is 21.0. The van der Waals surface area contributed by atoms with E-state index in [9.17, 15) is 9.59 Å². The third kappa shape index (κ3) is 5.43. The van der Waals surface area contributed by atoms with Crippen molar-refractivity contribution in [2.75, 3.05) is 33.9 Å². The zero-order valence-electron chi connectivity index (χ0n) is 18.1. The predicted octanol–water partition coefficient (Wildman–Crippen LogP) is 3.13. The summed E-state index contributed by atoms with van der Waals surface area (Å²) in [6.45, 7) is 6.34. The molecule has 0 spiro atoms. The first kappa shape index (κ1) is 21.5. The van der Waals surface area contributed by atoms with Gasteiger partial charge in [0.15, 0.2) is 11.5 Å². The van der Waals surface area contributed by atoms with Crippen molar-refractivity contribution in [1.29, 1.82) is 0 Å². The molecule has 3 rings (SSSR count). The number of carbonyl (C=O) groups is 2. The molecule has 1 aliphatic carbocycles. The lowest BCUT2D eigenvalue weighted by Gasteiger charge is -2.26. The number of rotatable bonds is 10. The number of nitrogens with zero attached hydrogens (tertiary/aromatic N) is 2. The Morgan fingerprint density at radius 1 is 1.21 bits per heavy atom. The van der Waals surface area contributed by atoms with Gasteiger partial charge in [0, 0.05) is 32.1 Å². The Hall–Kier alpha value is -2.24. The fraction of sp³-hybridized carbons (Fsp3) is 0.652. The van der Waals surface area contributed by atoms with Crippen LogP contribution in [0.3, 0.4) is 0 Å². The SMILES string of the molecule is COc1ccc(CCN2C[C@@H](C(=O)N(CCC(C)C)C3CC3)CC2=O)cc1OC. The number of benzene rings is 1. The number of hydrogen-bond acceptors (Lipinski definition) is 4. The lowest BCUT2D eigenvalue weighted by molar-refractivity contribution is -0.136. The monoisotopic (exact) mass is 402 g/mol. The van der Waals surface area contributed by atoms with Gasteiger partial charge in [-0.05, 0) is 49.3 Å². The number of ether oxygens (including phenoxy) is 2. The molecule has 1 aromatic rings. The minimum atomic E-state index is -0.194. The Morgan fingerprint density at radius 2 is 1.93 bits per heavy atom. The van der Waals surface area contributed by atoms with Crippen LogP contribution < -0.4 is 9.47 Å². The maximum atomic E-state index is 13.1. The second kappa shape index (κ2) is 9.51. The summed E-state index contributed by atoms with van der Waals surface area (Å²) in [5.41, 5.74) is 1.08. The van der Waals surface area contributed by atoms with Crippen molar-refractivity contribution in [2.45, 2.75) is 52.0 Å². The summed E-state index contributed by atoms with van der Waals surface area (Å²) in [5.74, 6) is 2.03. The molecule has 2 fully saturated rings. The molecule has 6 nitrogen and oxygen atoms in total. The highest BCUT2D eigenvalue weighted by Gasteiger charge is 2.40. The molecule has 1 heterocycles. The summed E-state index contributed by atoms with van der Waals surface area (Å²) in [6.07, 6.45) is 4.30. The Kier molecular flexibility index (Phi) is 7.04. The predicted molar refractivity (Wildman–Crippen MR) is 112 cm³/mol. The molecular weight excluding hydrogens is 368 g/mol. The van der Waals surface area contributed by atoms with Crippen molar-refractivity contribution < 1.29 is 19.1 Å². The highest BCUT2D eigenvalue weighted by Crippen LogP contribution is 2.31. The second-order valence-corrected chi connectivity index (χ2v) is 8.63. The number of carbonyl (C=O) groups excluding carboxylic acids is 2. The highest BCUT2D eigenvalue weighted by molar-refractivity contribution is 5.89. The molecule has 2 amide bonds. The minimum absolute atomic E-state index is 0.0865. The molecule has 2 aliphatic rings. The summed E-state index contributed by atoms with van der Waals surface area (Å²) >= 11 is 0. The smallest absolute Gasteiger partial charge is 0.228 e. The van der Waals surface area contributed by atoms with Crippen LogP contribution in [0.4, 0.5) is 0 Å². The van der Waals surface area contributed by atoms with Gasteiger partial charge in [-0.25, -0.2) is 0 Å². The van der Waals surface area contributed by atoms with Gasteiger partial charge in [0.25, 0.3) is 0 Å². The van der Waals surface area contributed by atoms with E-state index in [0.717, 1.165) is 37.8 Å². The first-order valence-electron chi connectivity index (χ1n) is 10.7. The van der Waals surface area contributed by atoms with Gasteiger partial charge in [0.2, 0.25) is 11.8 Å². The van der Waals surface area contributed by atoms with Gasteiger partial charge < -0.3 is 19.3 Å². The van der Waals surface area contributed by atoms with E-state index in [1.54, 1.807) is 14.2 Å². The highest BCUT2D eigenvalue weighted by atomic mass is 16.5. The van der Waals surface area contributed by atoms with Gasteiger partial charge in [-0.1, -0.05) is 19.9 Å². The van der Waals surface area contributed by atoms with Crippen molar-refractivity contribution >= 4 is 11.8 Å². The second-order valence-electron chi connectivity index (χ2n) is 8.63. The summed E-state index contributed by atoms with van der Waals surface area (Å²) in [4.78, 5) is 29.5. The Balaban J connectivity index is 1.56. The fourth-order valence-corrected chi connectivity index (χ4v) is 3.94. The van der Waals surface area contributed by atoms with E-state index in [-0.39, 0.29) is 17.7 Å². The molecule has 1 atom stereocenters. The average Bonchev–Trinajstić information content (AvgIpc) is 3.48. The van der Waals surface area contributed by atoms with Crippen LogP contribution in [-0.2, 0) is 16.0 Å². The Morgan fingerprint density at radius 3 is 2.55 bits per heavy atom. The van der Waals surface area contributed by atoms with Crippen LogP contribution in [0, 0.1) is 11.8 Å². The number of likely N-dealkylation sites (tertiary alicyclic amines) is 1. The molecule has 1 saturated carbocycles. The molecule has 6 heteroatoms. The Labute approximate surface area is 174 Å².